The summed E-state index contributed by atoms with van der Waals surface area (Å²) in [6.45, 7) is 6.76. The van der Waals surface area contributed by atoms with Crippen LogP contribution < -0.4 is 0 Å². The van der Waals surface area contributed by atoms with Crippen molar-refractivity contribution in [3.05, 3.63) is 24.3 Å². The minimum Gasteiger partial charge on any atom is -0.322 e. The molecule has 2 rings (SSSR count). The van der Waals surface area contributed by atoms with Gasteiger partial charge in [-0.2, -0.15) is 0 Å². The first-order valence-corrected chi connectivity index (χ1v) is 7.63. The van der Waals surface area contributed by atoms with Gasteiger partial charge in [-0.25, -0.2) is 4.98 Å². The lowest BCUT2D eigenvalue weighted by molar-refractivity contribution is 0.251. The molecular weight excluding hydrogens is 258 g/mol. The lowest BCUT2D eigenvalue weighted by atomic mass is 9.89. The van der Waals surface area contributed by atoms with Gasteiger partial charge in [0.05, 0.1) is 11.7 Å². The Kier molecular flexibility index (Phi) is 4.46. The van der Waals surface area contributed by atoms with Crippen molar-refractivity contribution in [1.82, 2.24) is 14.5 Å². The number of nitrogens with zero attached hydrogens (tertiary/aromatic N) is 3. The molecule has 104 valence electrons. The van der Waals surface area contributed by atoms with Gasteiger partial charge in [-0.05, 0) is 25.3 Å². The number of aromatic nitrogens is 3. The highest BCUT2D eigenvalue weighted by molar-refractivity contribution is 6.17. The monoisotopic (exact) mass is 279 g/mol. The zero-order chi connectivity index (χ0) is 13.9. The summed E-state index contributed by atoms with van der Waals surface area (Å²) in [4.78, 5) is 8.91. The third-order valence-electron chi connectivity index (χ3n) is 4.29. The van der Waals surface area contributed by atoms with Gasteiger partial charge in [0.2, 0.25) is 0 Å². The Morgan fingerprint density at radius 1 is 1.21 bits per heavy atom. The van der Waals surface area contributed by atoms with E-state index in [9.17, 15) is 0 Å². The maximum Gasteiger partial charge on any atom is 0.111 e. The standard InChI is InChI=1S/C15H22ClN3/c1-4-15(5-2,6-3)19-13-8-10-17-11-12(13)18-14(19)7-9-16/h8,10-11H,4-7,9H2,1-3H3. The first-order valence-electron chi connectivity index (χ1n) is 7.10. The van der Waals surface area contributed by atoms with Crippen LogP contribution in [-0.4, -0.2) is 20.4 Å². The molecule has 0 aliphatic heterocycles. The molecule has 0 fully saturated rings. The lowest BCUT2D eigenvalue weighted by Crippen LogP contribution is -2.33. The number of imidazole rings is 1. The molecule has 2 aromatic rings. The Hall–Kier alpha value is -1.09. The molecule has 0 atom stereocenters. The Labute approximate surface area is 120 Å². The molecule has 0 aromatic carbocycles. The summed E-state index contributed by atoms with van der Waals surface area (Å²) < 4.78 is 2.41. The van der Waals surface area contributed by atoms with E-state index in [4.69, 9.17) is 16.6 Å². The maximum absolute atomic E-state index is 5.95. The summed E-state index contributed by atoms with van der Waals surface area (Å²) in [5.41, 5.74) is 2.29. The second-order valence-electron chi connectivity index (χ2n) is 4.95. The molecule has 0 saturated heterocycles. The molecule has 19 heavy (non-hydrogen) atoms. The van der Waals surface area contributed by atoms with Gasteiger partial charge < -0.3 is 4.57 Å². The van der Waals surface area contributed by atoms with Crippen LogP contribution in [0.3, 0.4) is 0 Å². The fourth-order valence-corrected chi connectivity index (χ4v) is 3.16. The normalized spacial score (nSPS) is 12.2. The van der Waals surface area contributed by atoms with Crippen molar-refractivity contribution < 1.29 is 0 Å². The van der Waals surface area contributed by atoms with Crippen LogP contribution in [-0.2, 0) is 12.0 Å². The molecule has 0 unspecified atom stereocenters. The third kappa shape index (κ3) is 2.36. The van der Waals surface area contributed by atoms with Crippen LogP contribution in [0.25, 0.3) is 11.0 Å². The van der Waals surface area contributed by atoms with Gasteiger partial charge in [0.25, 0.3) is 0 Å². The zero-order valence-corrected chi connectivity index (χ0v) is 12.7. The molecule has 0 aliphatic carbocycles. The molecule has 2 aromatic heterocycles. The Morgan fingerprint density at radius 2 is 1.89 bits per heavy atom. The molecule has 4 heteroatoms. The molecule has 0 bridgehead atoms. The van der Waals surface area contributed by atoms with E-state index in [2.05, 4.69) is 36.4 Å². The van der Waals surface area contributed by atoms with Gasteiger partial charge in [0.1, 0.15) is 11.3 Å². The van der Waals surface area contributed by atoms with Crippen molar-refractivity contribution in [3.8, 4) is 0 Å². The molecular formula is C15H22ClN3. The number of aryl methyl sites for hydroxylation is 1. The molecule has 2 heterocycles. The van der Waals surface area contributed by atoms with E-state index < -0.39 is 0 Å². The number of pyridine rings is 1. The number of fused-ring (bicyclic) bond motifs is 1. The van der Waals surface area contributed by atoms with Gasteiger partial charge in [-0.3, -0.25) is 4.98 Å². The third-order valence-corrected chi connectivity index (χ3v) is 4.48. The van der Waals surface area contributed by atoms with Gasteiger partial charge in [-0.15, -0.1) is 11.6 Å². The van der Waals surface area contributed by atoms with Crippen LogP contribution in [0.1, 0.15) is 45.9 Å². The maximum atomic E-state index is 5.95. The van der Waals surface area contributed by atoms with Crippen molar-refractivity contribution in [2.75, 3.05) is 5.88 Å². The summed E-state index contributed by atoms with van der Waals surface area (Å²) >= 11 is 5.95. The minimum absolute atomic E-state index is 0.136. The highest BCUT2D eigenvalue weighted by Gasteiger charge is 2.30. The van der Waals surface area contributed by atoms with Crippen molar-refractivity contribution in [2.24, 2.45) is 0 Å². The van der Waals surface area contributed by atoms with Crippen molar-refractivity contribution >= 4 is 22.6 Å². The smallest absolute Gasteiger partial charge is 0.111 e. The molecule has 0 spiro atoms. The average molecular weight is 280 g/mol. The van der Waals surface area contributed by atoms with Crippen LogP contribution in [0.2, 0.25) is 0 Å². The number of hydrogen-bond donors (Lipinski definition) is 0. The fourth-order valence-electron chi connectivity index (χ4n) is 2.99. The largest absolute Gasteiger partial charge is 0.322 e. The number of hydrogen-bond acceptors (Lipinski definition) is 2. The summed E-state index contributed by atoms with van der Waals surface area (Å²) in [6.07, 6.45) is 7.79. The van der Waals surface area contributed by atoms with E-state index in [0.29, 0.717) is 5.88 Å². The van der Waals surface area contributed by atoms with E-state index >= 15 is 0 Å². The van der Waals surface area contributed by atoms with E-state index in [-0.39, 0.29) is 5.54 Å². The summed E-state index contributed by atoms with van der Waals surface area (Å²) in [5.74, 6) is 1.69. The van der Waals surface area contributed by atoms with Crippen LogP contribution in [0.4, 0.5) is 0 Å². The van der Waals surface area contributed by atoms with Gasteiger partial charge >= 0.3 is 0 Å². The fraction of sp³-hybridized carbons (Fsp3) is 0.600. The van der Waals surface area contributed by atoms with E-state index in [0.717, 1.165) is 37.0 Å². The average Bonchev–Trinajstić information content (AvgIpc) is 2.81. The van der Waals surface area contributed by atoms with Gasteiger partial charge in [0.15, 0.2) is 0 Å². The van der Waals surface area contributed by atoms with Crippen LogP contribution in [0.15, 0.2) is 18.5 Å². The first-order chi connectivity index (χ1) is 9.22. The SMILES string of the molecule is CCC(CC)(CC)n1c(CCCl)nc2cnccc21. The number of halogens is 1. The molecule has 0 N–H and O–H groups in total. The zero-order valence-electron chi connectivity index (χ0n) is 12.0. The molecule has 0 amide bonds. The summed E-state index contributed by atoms with van der Waals surface area (Å²) in [5, 5.41) is 0. The summed E-state index contributed by atoms with van der Waals surface area (Å²) in [7, 11) is 0. The second-order valence-corrected chi connectivity index (χ2v) is 5.33. The van der Waals surface area contributed by atoms with E-state index in [1.54, 1.807) is 0 Å². The molecule has 0 saturated carbocycles. The van der Waals surface area contributed by atoms with Gasteiger partial charge in [0, 0.05) is 24.0 Å². The van der Waals surface area contributed by atoms with Crippen LogP contribution in [0, 0.1) is 0 Å². The molecule has 0 aliphatic rings. The van der Waals surface area contributed by atoms with Crippen molar-refractivity contribution in [1.29, 1.82) is 0 Å². The minimum atomic E-state index is 0.136. The molecule has 0 radical (unpaired) electrons. The van der Waals surface area contributed by atoms with Gasteiger partial charge in [-0.1, -0.05) is 20.8 Å². The highest BCUT2D eigenvalue weighted by Crippen LogP contribution is 2.34. The van der Waals surface area contributed by atoms with Crippen LogP contribution >= 0.6 is 11.6 Å². The lowest BCUT2D eigenvalue weighted by Gasteiger charge is -2.34. The van der Waals surface area contributed by atoms with Crippen molar-refractivity contribution in [3.63, 3.8) is 0 Å². The molecule has 3 nitrogen and oxygen atoms in total. The Balaban J connectivity index is 2.70. The predicted molar refractivity (Wildman–Crippen MR) is 80.8 cm³/mol. The Bertz CT molecular complexity index is 535. The first kappa shape index (κ1) is 14.3. The number of alkyl halides is 1. The van der Waals surface area contributed by atoms with E-state index in [1.807, 2.05) is 12.4 Å². The van der Waals surface area contributed by atoms with Crippen LogP contribution in [0.5, 0.6) is 0 Å². The summed E-state index contributed by atoms with van der Waals surface area (Å²) in [6, 6.07) is 2.07. The number of rotatable bonds is 6. The topological polar surface area (TPSA) is 30.7 Å². The Morgan fingerprint density at radius 3 is 2.47 bits per heavy atom. The highest BCUT2D eigenvalue weighted by atomic mass is 35.5. The second kappa shape index (κ2) is 5.91. The van der Waals surface area contributed by atoms with Crippen molar-refractivity contribution in [2.45, 2.75) is 52.0 Å². The quantitative estimate of drug-likeness (QED) is 0.744. The predicted octanol–water partition coefficient (Wildman–Crippen LogP) is 4.14. The van der Waals surface area contributed by atoms with E-state index in [1.165, 1.54) is 5.52 Å².